The van der Waals surface area contributed by atoms with Gasteiger partial charge >= 0.3 is 0 Å². The average molecular weight is 404 g/mol. The molecule has 1 aliphatic carbocycles. The number of hydrogen-bond acceptors (Lipinski definition) is 6. The molecule has 1 fully saturated rings. The maximum absolute atomic E-state index is 13.2. The molecule has 3 aromatic heterocycles. The Morgan fingerprint density at radius 3 is 2.57 bits per heavy atom. The summed E-state index contributed by atoms with van der Waals surface area (Å²) in [5, 5.41) is 4.05. The quantitative estimate of drug-likeness (QED) is 0.647. The molecule has 4 rings (SSSR count). The summed E-state index contributed by atoms with van der Waals surface area (Å²) in [6.07, 6.45) is 2.09. The predicted octanol–water partition coefficient (Wildman–Crippen LogP) is 3.43. The van der Waals surface area contributed by atoms with Crippen molar-refractivity contribution in [1.82, 2.24) is 19.4 Å². The minimum absolute atomic E-state index is 0.0720. The number of sulfonamides is 1. The summed E-state index contributed by atoms with van der Waals surface area (Å²) in [5.41, 5.74) is 1.91. The van der Waals surface area contributed by atoms with E-state index in [1.54, 1.807) is 19.1 Å². The molecule has 0 radical (unpaired) electrons. The van der Waals surface area contributed by atoms with Gasteiger partial charge in [0.05, 0.1) is 12.1 Å². The van der Waals surface area contributed by atoms with Gasteiger partial charge in [0, 0.05) is 23.9 Å². The second kappa shape index (κ2) is 6.89. The molecule has 0 amide bonds. The van der Waals surface area contributed by atoms with Crippen molar-refractivity contribution < 1.29 is 17.4 Å². The topological polar surface area (TPSA) is 103 Å². The number of furan rings is 1. The summed E-state index contributed by atoms with van der Waals surface area (Å²) in [4.78, 5) is 4.67. The van der Waals surface area contributed by atoms with Crippen molar-refractivity contribution in [3.8, 4) is 11.5 Å². The zero-order valence-corrected chi connectivity index (χ0v) is 17.3. The summed E-state index contributed by atoms with van der Waals surface area (Å²) >= 11 is 0. The van der Waals surface area contributed by atoms with Crippen LogP contribution >= 0.6 is 0 Å². The van der Waals surface area contributed by atoms with Gasteiger partial charge in [0.15, 0.2) is 5.82 Å². The molecule has 9 heteroatoms. The standard InChI is InChI=1S/C19H24N4O4S/c1-5-23-12(3)16(19-21-18(22-27-19)14-7-8-14)17(13(23)4)28(24,25)20-10-15-9-6-11(2)26-15/h6,9,14,20H,5,7-8,10H2,1-4H3. The molecule has 0 bridgehead atoms. The maximum atomic E-state index is 13.2. The Morgan fingerprint density at radius 2 is 1.96 bits per heavy atom. The lowest BCUT2D eigenvalue weighted by molar-refractivity contribution is 0.421. The minimum Gasteiger partial charge on any atom is -0.465 e. The van der Waals surface area contributed by atoms with E-state index in [4.69, 9.17) is 8.94 Å². The second-order valence-corrected chi connectivity index (χ2v) is 8.89. The monoisotopic (exact) mass is 404 g/mol. The van der Waals surface area contributed by atoms with Crippen molar-refractivity contribution in [2.24, 2.45) is 0 Å². The van der Waals surface area contributed by atoms with Gasteiger partial charge in [-0.3, -0.25) is 0 Å². The van der Waals surface area contributed by atoms with Gasteiger partial charge in [-0.25, -0.2) is 13.1 Å². The molecule has 0 atom stereocenters. The Kier molecular flexibility index (Phi) is 4.67. The Hall–Kier alpha value is -2.39. The Balaban J connectivity index is 1.75. The molecule has 8 nitrogen and oxygen atoms in total. The van der Waals surface area contributed by atoms with E-state index in [1.165, 1.54) is 0 Å². The SMILES string of the molecule is CCn1c(C)c(-c2nc(C3CC3)no2)c(S(=O)(=O)NCc2ccc(C)o2)c1C. The zero-order chi connectivity index (χ0) is 20.1. The third-order valence-corrected chi connectivity index (χ3v) is 6.70. The molecule has 3 heterocycles. The zero-order valence-electron chi connectivity index (χ0n) is 16.4. The Morgan fingerprint density at radius 1 is 1.21 bits per heavy atom. The van der Waals surface area contributed by atoms with Crippen LogP contribution in [0, 0.1) is 20.8 Å². The lowest BCUT2D eigenvalue weighted by Crippen LogP contribution is -2.24. The van der Waals surface area contributed by atoms with Gasteiger partial charge < -0.3 is 13.5 Å². The molecule has 0 unspecified atom stereocenters. The third kappa shape index (κ3) is 3.29. The van der Waals surface area contributed by atoms with Crippen LogP contribution in [0.1, 0.15) is 54.4 Å². The summed E-state index contributed by atoms with van der Waals surface area (Å²) in [5.74, 6) is 2.52. The van der Waals surface area contributed by atoms with Crippen LogP contribution in [0.2, 0.25) is 0 Å². The van der Waals surface area contributed by atoms with Gasteiger partial charge in [-0.2, -0.15) is 4.98 Å². The maximum Gasteiger partial charge on any atom is 0.261 e. The lowest BCUT2D eigenvalue weighted by Gasteiger charge is -2.08. The van der Waals surface area contributed by atoms with Crippen LogP contribution in [-0.2, 0) is 23.1 Å². The lowest BCUT2D eigenvalue weighted by atomic mass is 10.2. The van der Waals surface area contributed by atoms with E-state index in [2.05, 4.69) is 14.9 Å². The molecule has 0 aliphatic heterocycles. The molecule has 1 N–H and O–H groups in total. The van der Waals surface area contributed by atoms with Gasteiger partial charge in [-0.1, -0.05) is 5.16 Å². The number of aryl methyl sites for hydroxylation is 1. The smallest absolute Gasteiger partial charge is 0.261 e. The summed E-state index contributed by atoms with van der Waals surface area (Å²) in [6.45, 7) is 8.18. The highest BCUT2D eigenvalue weighted by Crippen LogP contribution is 2.40. The first-order valence-electron chi connectivity index (χ1n) is 9.40. The van der Waals surface area contributed by atoms with Crippen molar-refractivity contribution in [3.05, 3.63) is 40.9 Å². The fraction of sp³-hybridized carbons (Fsp3) is 0.474. The van der Waals surface area contributed by atoms with E-state index in [0.717, 1.165) is 24.3 Å². The number of nitrogens with zero attached hydrogens (tertiary/aromatic N) is 3. The number of nitrogens with one attached hydrogen (secondary N) is 1. The van der Waals surface area contributed by atoms with Gasteiger partial charge in [-0.05, 0) is 52.7 Å². The van der Waals surface area contributed by atoms with Crippen molar-refractivity contribution >= 4 is 10.0 Å². The summed E-state index contributed by atoms with van der Waals surface area (Å²) in [7, 11) is -3.82. The summed E-state index contributed by atoms with van der Waals surface area (Å²) in [6, 6.07) is 3.56. The fourth-order valence-corrected chi connectivity index (χ4v) is 5.05. The van der Waals surface area contributed by atoms with Crippen LogP contribution in [0.15, 0.2) is 26.0 Å². The first-order chi connectivity index (χ1) is 13.3. The van der Waals surface area contributed by atoms with Crippen LogP contribution in [0.3, 0.4) is 0 Å². The highest BCUT2D eigenvalue weighted by Gasteiger charge is 2.34. The molecule has 28 heavy (non-hydrogen) atoms. The van der Waals surface area contributed by atoms with E-state index in [0.29, 0.717) is 35.3 Å². The predicted molar refractivity (Wildman–Crippen MR) is 102 cm³/mol. The molecular weight excluding hydrogens is 380 g/mol. The second-order valence-electron chi connectivity index (χ2n) is 7.19. The van der Waals surface area contributed by atoms with Crippen molar-refractivity contribution in [2.75, 3.05) is 0 Å². The van der Waals surface area contributed by atoms with Crippen LogP contribution in [-0.4, -0.2) is 23.1 Å². The van der Waals surface area contributed by atoms with E-state index < -0.39 is 10.0 Å². The van der Waals surface area contributed by atoms with Crippen LogP contribution in [0.25, 0.3) is 11.5 Å². The van der Waals surface area contributed by atoms with Gasteiger partial charge in [0.1, 0.15) is 16.4 Å². The highest BCUT2D eigenvalue weighted by molar-refractivity contribution is 7.89. The highest BCUT2D eigenvalue weighted by atomic mass is 32.2. The average Bonchev–Trinajstić information content (AvgIpc) is 3.12. The van der Waals surface area contributed by atoms with E-state index in [-0.39, 0.29) is 17.3 Å². The van der Waals surface area contributed by atoms with E-state index in [1.807, 2.05) is 25.3 Å². The largest absolute Gasteiger partial charge is 0.465 e. The molecule has 150 valence electrons. The Bertz CT molecular complexity index is 1120. The van der Waals surface area contributed by atoms with Crippen LogP contribution in [0.5, 0.6) is 0 Å². The summed E-state index contributed by atoms with van der Waals surface area (Å²) < 4.78 is 41.9. The minimum atomic E-state index is -3.82. The molecule has 0 spiro atoms. The van der Waals surface area contributed by atoms with Gasteiger partial charge in [0.25, 0.3) is 5.89 Å². The van der Waals surface area contributed by atoms with Crippen molar-refractivity contribution in [2.45, 2.75) is 64.4 Å². The van der Waals surface area contributed by atoms with E-state index in [9.17, 15) is 8.42 Å². The van der Waals surface area contributed by atoms with Crippen LogP contribution in [0.4, 0.5) is 0 Å². The van der Waals surface area contributed by atoms with Crippen molar-refractivity contribution in [3.63, 3.8) is 0 Å². The normalized spacial score (nSPS) is 14.7. The molecule has 3 aromatic rings. The molecule has 1 saturated carbocycles. The first kappa shape index (κ1) is 18.9. The Labute approximate surface area is 164 Å². The van der Waals surface area contributed by atoms with Gasteiger partial charge in [0.2, 0.25) is 10.0 Å². The molecule has 0 aromatic carbocycles. The van der Waals surface area contributed by atoms with Crippen molar-refractivity contribution in [1.29, 1.82) is 0 Å². The molecular formula is C19H24N4O4S. The molecule has 0 saturated heterocycles. The third-order valence-electron chi connectivity index (χ3n) is 5.14. The first-order valence-corrected chi connectivity index (χ1v) is 10.9. The van der Waals surface area contributed by atoms with Crippen LogP contribution < -0.4 is 4.72 Å². The molecule has 1 aliphatic rings. The van der Waals surface area contributed by atoms with Gasteiger partial charge in [-0.15, -0.1) is 0 Å². The number of aromatic nitrogens is 3. The number of rotatable bonds is 7. The fourth-order valence-electron chi connectivity index (χ4n) is 3.57. The van der Waals surface area contributed by atoms with E-state index >= 15 is 0 Å². The number of hydrogen-bond donors (Lipinski definition) is 1.